The van der Waals surface area contributed by atoms with Crippen LogP contribution < -0.4 is 9.64 Å². The Bertz CT molecular complexity index is 769. The Morgan fingerprint density at radius 2 is 1.48 bits per heavy atom. The van der Waals surface area contributed by atoms with E-state index in [1.807, 2.05) is 0 Å². The van der Waals surface area contributed by atoms with Crippen molar-refractivity contribution < 1.29 is 45.7 Å². The lowest BCUT2D eigenvalue weighted by Crippen LogP contribution is -2.46. The van der Waals surface area contributed by atoms with E-state index in [9.17, 15) is 36.2 Å². The fourth-order valence-electron chi connectivity index (χ4n) is 4.11. The molecule has 174 valence electrons. The highest BCUT2D eigenvalue weighted by molar-refractivity contribution is 6.00. The number of aliphatic hydroxyl groups is 1. The number of alkyl halides is 6. The minimum absolute atomic E-state index is 0.0315. The molecule has 1 spiro atoms. The molecule has 1 aromatic carbocycles. The summed E-state index contributed by atoms with van der Waals surface area (Å²) in [6, 6.07) is 5.73. The molecule has 1 saturated carbocycles. The third-order valence-corrected chi connectivity index (χ3v) is 5.84. The van der Waals surface area contributed by atoms with Gasteiger partial charge in [0.05, 0.1) is 17.6 Å². The number of carbonyl (C=O) groups is 1. The summed E-state index contributed by atoms with van der Waals surface area (Å²) in [5.74, 6) is -0.126. The fraction of sp³-hybridized carbons (Fsp3) is 0.650. The first-order valence-corrected chi connectivity index (χ1v) is 9.80. The predicted octanol–water partition coefficient (Wildman–Crippen LogP) is 4.23. The predicted molar refractivity (Wildman–Crippen MR) is 97.7 cm³/mol. The molecule has 31 heavy (non-hydrogen) atoms. The molecule has 0 atom stereocenters. The molecule has 0 aromatic heterocycles. The Hall–Kier alpha value is -2.01. The van der Waals surface area contributed by atoms with Crippen molar-refractivity contribution in [3.63, 3.8) is 0 Å². The first kappa shape index (κ1) is 23.6. The molecular formula is C20H23F6NO4. The van der Waals surface area contributed by atoms with Gasteiger partial charge in [-0.25, -0.2) is 0 Å². The van der Waals surface area contributed by atoms with Crippen LogP contribution in [0.5, 0.6) is 5.75 Å². The van der Waals surface area contributed by atoms with E-state index in [0.29, 0.717) is 31.5 Å². The van der Waals surface area contributed by atoms with Crippen LogP contribution in [0.3, 0.4) is 0 Å². The number of halogens is 6. The third-order valence-electron chi connectivity index (χ3n) is 5.84. The van der Waals surface area contributed by atoms with Crippen molar-refractivity contribution in [2.75, 3.05) is 31.3 Å². The van der Waals surface area contributed by atoms with Crippen molar-refractivity contribution in [1.82, 2.24) is 0 Å². The largest absolute Gasteiger partial charge is 0.484 e. The van der Waals surface area contributed by atoms with E-state index >= 15 is 0 Å². The molecule has 0 radical (unpaired) electrons. The number of benzene rings is 1. The molecule has 2 aliphatic rings. The topological polar surface area (TPSA) is 59.0 Å². The van der Waals surface area contributed by atoms with Crippen molar-refractivity contribution in [1.29, 1.82) is 0 Å². The monoisotopic (exact) mass is 455 g/mol. The zero-order valence-electron chi connectivity index (χ0n) is 16.6. The smallest absolute Gasteiger partial charge is 0.422 e. The van der Waals surface area contributed by atoms with Crippen LogP contribution in [0.25, 0.3) is 0 Å². The Labute approximate surface area is 174 Å². The first-order chi connectivity index (χ1) is 14.3. The quantitative estimate of drug-likeness (QED) is 0.653. The average molecular weight is 455 g/mol. The maximum Gasteiger partial charge on any atom is 0.422 e. The maximum absolute atomic E-state index is 13.1. The highest BCUT2D eigenvalue weighted by atomic mass is 19.4. The number of hydrogen-bond acceptors (Lipinski definition) is 4. The molecule has 1 aliphatic heterocycles. The molecule has 11 heteroatoms. The molecule has 2 fully saturated rings. The van der Waals surface area contributed by atoms with Gasteiger partial charge in [0.1, 0.15) is 12.4 Å². The van der Waals surface area contributed by atoms with E-state index in [0.717, 1.165) is 0 Å². The van der Waals surface area contributed by atoms with Crippen molar-refractivity contribution >= 4 is 11.6 Å². The zero-order valence-corrected chi connectivity index (χ0v) is 16.6. The fourth-order valence-corrected chi connectivity index (χ4v) is 4.11. The number of anilines is 1. The van der Waals surface area contributed by atoms with Gasteiger partial charge in [-0.05, 0) is 56.4 Å². The van der Waals surface area contributed by atoms with E-state index in [2.05, 4.69) is 9.47 Å². The highest BCUT2D eigenvalue weighted by Gasteiger charge is 2.51. The molecule has 1 aromatic rings. The van der Waals surface area contributed by atoms with Gasteiger partial charge < -0.3 is 19.5 Å². The normalized spacial score (nSPS) is 27.2. The van der Waals surface area contributed by atoms with Gasteiger partial charge in [0.15, 0.2) is 6.61 Å². The van der Waals surface area contributed by atoms with Crippen LogP contribution in [-0.4, -0.2) is 55.3 Å². The van der Waals surface area contributed by atoms with E-state index in [1.165, 1.54) is 29.2 Å². The van der Waals surface area contributed by atoms with E-state index in [1.54, 1.807) is 0 Å². The summed E-state index contributed by atoms with van der Waals surface area (Å²) >= 11 is 0. The lowest BCUT2D eigenvalue weighted by atomic mass is 9.68. The number of rotatable bonds is 6. The molecule has 1 aliphatic carbocycles. The second-order valence-corrected chi connectivity index (χ2v) is 8.22. The van der Waals surface area contributed by atoms with Crippen LogP contribution >= 0.6 is 0 Å². The molecule has 5 nitrogen and oxygen atoms in total. The third kappa shape index (κ3) is 6.03. The second kappa shape index (κ2) is 8.50. The highest BCUT2D eigenvalue weighted by Crippen LogP contribution is 2.48. The minimum atomic E-state index is -4.47. The zero-order chi connectivity index (χ0) is 22.9. The van der Waals surface area contributed by atoms with E-state index in [-0.39, 0.29) is 24.5 Å². The van der Waals surface area contributed by atoms with Gasteiger partial charge in [-0.2, -0.15) is 26.3 Å². The average Bonchev–Trinajstić information content (AvgIpc) is 2.98. The summed E-state index contributed by atoms with van der Waals surface area (Å²) in [6.07, 6.45) is -7.46. The Kier molecular flexibility index (Phi) is 6.48. The van der Waals surface area contributed by atoms with Crippen LogP contribution in [0.1, 0.15) is 32.1 Å². The van der Waals surface area contributed by atoms with Crippen LogP contribution in [0.15, 0.2) is 24.3 Å². The number of hydrogen-bond donors (Lipinski definition) is 1. The SMILES string of the molecule is O=C1N(c2ccc(OCC(F)(F)F)cc2)CCC12CCC(O)(COCC(F)(F)F)CC2. The van der Waals surface area contributed by atoms with Crippen molar-refractivity contribution in [2.24, 2.45) is 5.41 Å². The van der Waals surface area contributed by atoms with Crippen molar-refractivity contribution in [2.45, 2.75) is 50.1 Å². The summed E-state index contributed by atoms with van der Waals surface area (Å²) in [5.41, 5.74) is -1.58. The number of carbonyl (C=O) groups excluding carboxylic acids is 1. The van der Waals surface area contributed by atoms with Crippen LogP contribution in [-0.2, 0) is 9.53 Å². The number of nitrogens with zero attached hydrogens (tertiary/aromatic N) is 1. The molecule has 0 unspecified atom stereocenters. The summed E-state index contributed by atoms with van der Waals surface area (Å²) in [6.45, 7) is -2.88. The molecule has 0 bridgehead atoms. The maximum atomic E-state index is 13.1. The molecule has 1 amide bonds. The Morgan fingerprint density at radius 3 is 2.03 bits per heavy atom. The van der Waals surface area contributed by atoms with Gasteiger partial charge in [0.25, 0.3) is 0 Å². The Morgan fingerprint density at radius 1 is 0.903 bits per heavy atom. The number of amides is 1. The minimum Gasteiger partial charge on any atom is -0.484 e. The van der Waals surface area contributed by atoms with Crippen molar-refractivity contribution in [3.8, 4) is 5.75 Å². The summed E-state index contributed by atoms with van der Waals surface area (Å²) in [7, 11) is 0. The van der Waals surface area contributed by atoms with Crippen LogP contribution in [0.4, 0.5) is 32.0 Å². The van der Waals surface area contributed by atoms with Crippen LogP contribution in [0.2, 0.25) is 0 Å². The molecule has 3 rings (SSSR count). The lowest BCUT2D eigenvalue weighted by Gasteiger charge is -2.40. The molecule has 1 heterocycles. The standard InChI is InChI=1S/C20H23F6NO4/c21-19(22,23)12-30-11-18(29)7-5-17(6-8-18)9-10-27(16(17)28)14-1-3-15(4-2-14)31-13-20(24,25)26/h1-4,29H,5-13H2. The van der Waals surface area contributed by atoms with E-state index in [4.69, 9.17) is 0 Å². The number of ether oxygens (including phenoxy) is 2. The van der Waals surface area contributed by atoms with Gasteiger partial charge in [0.2, 0.25) is 5.91 Å². The van der Waals surface area contributed by atoms with Crippen molar-refractivity contribution in [3.05, 3.63) is 24.3 Å². The van der Waals surface area contributed by atoms with Gasteiger partial charge in [-0.1, -0.05) is 0 Å². The second-order valence-electron chi connectivity index (χ2n) is 8.22. The summed E-state index contributed by atoms with van der Waals surface area (Å²) in [5, 5.41) is 10.5. The first-order valence-electron chi connectivity index (χ1n) is 9.80. The van der Waals surface area contributed by atoms with Gasteiger partial charge >= 0.3 is 12.4 Å². The lowest BCUT2D eigenvalue weighted by molar-refractivity contribution is -0.191. The molecular weight excluding hydrogens is 432 g/mol. The van der Waals surface area contributed by atoms with E-state index < -0.39 is 43.2 Å². The van der Waals surface area contributed by atoms with Gasteiger partial charge in [-0.3, -0.25) is 4.79 Å². The van der Waals surface area contributed by atoms with Gasteiger partial charge in [0, 0.05) is 12.2 Å². The van der Waals surface area contributed by atoms with Crippen LogP contribution in [0, 0.1) is 5.41 Å². The Balaban J connectivity index is 1.56. The molecule has 1 N–H and O–H groups in total. The summed E-state index contributed by atoms with van der Waals surface area (Å²) < 4.78 is 82.7. The van der Waals surface area contributed by atoms with Gasteiger partial charge in [-0.15, -0.1) is 0 Å². The molecule has 1 saturated heterocycles. The summed E-state index contributed by atoms with van der Waals surface area (Å²) in [4.78, 5) is 14.6.